The van der Waals surface area contributed by atoms with Gasteiger partial charge in [0.05, 0.1) is 5.69 Å². The fraction of sp³-hybridized carbons (Fsp3) is 0.769. The number of hydrogen-bond acceptors (Lipinski definition) is 2. The summed E-state index contributed by atoms with van der Waals surface area (Å²) in [5, 5.41) is 14.7. The van der Waals surface area contributed by atoms with Crippen LogP contribution in [0.5, 0.6) is 5.88 Å². The quantitative estimate of drug-likeness (QED) is 0.852. The van der Waals surface area contributed by atoms with Gasteiger partial charge in [-0.1, -0.05) is 41.0 Å². The number of nitrogens with zero attached hydrogens (tertiary/aromatic N) is 2. The molecule has 1 heterocycles. The van der Waals surface area contributed by atoms with Crippen LogP contribution in [-0.2, 0) is 18.4 Å². The normalized spacial score (nSPS) is 12.1. The van der Waals surface area contributed by atoms with Gasteiger partial charge in [0.25, 0.3) is 0 Å². The Morgan fingerprint density at radius 3 is 2.25 bits per heavy atom. The molecule has 92 valence electrons. The van der Waals surface area contributed by atoms with Crippen LogP contribution in [0.2, 0.25) is 0 Å². The molecule has 0 aromatic carbocycles. The highest BCUT2D eigenvalue weighted by Crippen LogP contribution is 2.31. The molecule has 0 saturated heterocycles. The van der Waals surface area contributed by atoms with Crippen LogP contribution in [0.25, 0.3) is 0 Å². The van der Waals surface area contributed by atoms with Crippen LogP contribution in [0.1, 0.15) is 58.7 Å². The van der Waals surface area contributed by atoms with E-state index in [1.165, 1.54) is 0 Å². The molecule has 0 bridgehead atoms. The van der Waals surface area contributed by atoms with Gasteiger partial charge in [0.2, 0.25) is 5.88 Å². The molecule has 0 aliphatic heterocycles. The zero-order valence-corrected chi connectivity index (χ0v) is 11.2. The van der Waals surface area contributed by atoms with E-state index in [2.05, 4.69) is 39.7 Å². The lowest BCUT2D eigenvalue weighted by atomic mass is 9.88. The minimum absolute atomic E-state index is 0.000967. The molecule has 3 heteroatoms. The van der Waals surface area contributed by atoms with Crippen molar-refractivity contribution in [1.29, 1.82) is 0 Å². The Labute approximate surface area is 98.5 Å². The summed E-state index contributed by atoms with van der Waals surface area (Å²) in [6.07, 6.45) is 2.93. The molecule has 0 atom stereocenters. The molecule has 0 radical (unpaired) electrons. The van der Waals surface area contributed by atoms with Crippen LogP contribution in [0.4, 0.5) is 0 Å². The Morgan fingerprint density at radius 2 is 1.81 bits per heavy atom. The first-order valence-corrected chi connectivity index (χ1v) is 6.20. The van der Waals surface area contributed by atoms with Gasteiger partial charge in [0.1, 0.15) is 0 Å². The molecule has 0 aliphatic rings. The van der Waals surface area contributed by atoms with Gasteiger partial charge in [0, 0.05) is 17.5 Å². The van der Waals surface area contributed by atoms with E-state index in [0.717, 1.165) is 37.1 Å². The molecule has 16 heavy (non-hydrogen) atoms. The SMILES string of the molecule is CCCc1c(C(C)(C)C)nn(CCC)c1O. The molecule has 1 aromatic rings. The monoisotopic (exact) mass is 224 g/mol. The maximum atomic E-state index is 10.1. The molecule has 1 aromatic heterocycles. The van der Waals surface area contributed by atoms with Gasteiger partial charge in [-0.3, -0.25) is 0 Å². The highest BCUT2D eigenvalue weighted by Gasteiger charge is 2.25. The van der Waals surface area contributed by atoms with Crippen LogP contribution in [0, 0.1) is 0 Å². The second kappa shape index (κ2) is 4.89. The maximum absolute atomic E-state index is 10.1. The summed E-state index contributed by atoms with van der Waals surface area (Å²) in [6, 6.07) is 0. The molecular weight excluding hydrogens is 200 g/mol. The Morgan fingerprint density at radius 1 is 1.19 bits per heavy atom. The van der Waals surface area contributed by atoms with Crippen molar-refractivity contribution in [2.24, 2.45) is 0 Å². The number of aryl methyl sites for hydroxylation is 1. The first-order valence-electron chi connectivity index (χ1n) is 6.20. The summed E-state index contributed by atoms with van der Waals surface area (Å²) in [5.74, 6) is 0.369. The molecule has 1 N–H and O–H groups in total. The van der Waals surface area contributed by atoms with Gasteiger partial charge in [-0.2, -0.15) is 5.10 Å². The molecule has 1 rings (SSSR count). The maximum Gasteiger partial charge on any atom is 0.212 e. The Bertz CT molecular complexity index is 348. The molecular formula is C13H24N2O. The minimum Gasteiger partial charge on any atom is -0.493 e. The van der Waals surface area contributed by atoms with Crippen molar-refractivity contribution in [1.82, 2.24) is 9.78 Å². The molecule has 0 saturated carbocycles. The standard InChI is InChI=1S/C13H24N2O/c1-6-8-10-11(13(3,4)5)14-15(9-7-2)12(10)16/h16H,6-9H2,1-5H3. The van der Waals surface area contributed by atoms with Crippen molar-refractivity contribution in [3.05, 3.63) is 11.3 Å². The second-order valence-corrected chi connectivity index (χ2v) is 5.37. The average Bonchev–Trinajstić information content (AvgIpc) is 2.47. The van der Waals surface area contributed by atoms with E-state index >= 15 is 0 Å². The Balaban J connectivity index is 3.20. The first kappa shape index (κ1) is 13.1. The van der Waals surface area contributed by atoms with Crippen LogP contribution >= 0.6 is 0 Å². The molecule has 0 aliphatic carbocycles. The summed E-state index contributed by atoms with van der Waals surface area (Å²) < 4.78 is 1.74. The van der Waals surface area contributed by atoms with Crippen molar-refractivity contribution in [3.63, 3.8) is 0 Å². The third-order valence-electron chi connectivity index (χ3n) is 2.67. The van der Waals surface area contributed by atoms with E-state index in [4.69, 9.17) is 0 Å². The summed E-state index contributed by atoms with van der Waals surface area (Å²) in [6.45, 7) is 11.4. The van der Waals surface area contributed by atoms with Crippen molar-refractivity contribution < 1.29 is 5.11 Å². The summed E-state index contributed by atoms with van der Waals surface area (Å²) >= 11 is 0. The minimum atomic E-state index is 0.000967. The van der Waals surface area contributed by atoms with Gasteiger partial charge in [-0.05, 0) is 12.8 Å². The lowest BCUT2D eigenvalue weighted by Crippen LogP contribution is -2.15. The summed E-state index contributed by atoms with van der Waals surface area (Å²) in [7, 11) is 0. The number of rotatable bonds is 4. The van der Waals surface area contributed by atoms with E-state index in [1.807, 2.05) is 0 Å². The molecule has 0 amide bonds. The molecule has 0 unspecified atom stereocenters. The zero-order valence-electron chi connectivity index (χ0n) is 11.2. The average molecular weight is 224 g/mol. The van der Waals surface area contributed by atoms with E-state index in [0.29, 0.717) is 5.88 Å². The van der Waals surface area contributed by atoms with Gasteiger partial charge in [-0.15, -0.1) is 0 Å². The smallest absolute Gasteiger partial charge is 0.212 e. The number of hydrogen-bond donors (Lipinski definition) is 1. The Hall–Kier alpha value is -0.990. The van der Waals surface area contributed by atoms with Gasteiger partial charge < -0.3 is 5.11 Å². The van der Waals surface area contributed by atoms with Crippen molar-refractivity contribution in [2.75, 3.05) is 0 Å². The van der Waals surface area contributed by atoms with Crippen LogP contribution < -0.4 is 0 Å². The number of aromatic hydroxyl groups is 1. The van der Waals surface area contributed by atoms with Gasteiger partial charge in [-0.25, -0.2) is 4.68 Å². The zero-order chi connectivity index (χ0) is 12.3. The third kappa shape index (κ3) is 2.57. The van der Waals surface area contributed by atoms with Crippen molar-refractivity contribution in [3.8, 4) is 5.88 Å². The van der Waals surface area contributed by atoms with Crippen molar-refractivity contribution in [2.45, 2.75) is 65.8 Å². The van der Waals surface area contributed by atoms with E-state index in [-0.39, 0.29) is 5.41 Å². The predicted octanol–water partition coefficient (Wildman–Crippen LogP) is 3.25. The number of aromatic nitrogens is 2. The molecule has 3 nitrogen and oxygen atoms in total. The van der Waals surface area contributed by atoms with Crippen LogP contribution in [0.3, 0.4) is 0 Å². The lowest BCUT2D eigenvalue weighted by molar-refractivity contribution is 0.392. The largest absolute Gasteiger partial charge is 0.493 e. The lowest BCUT2D eigenvalue weighted by Gasteiger charge is -2.16. The summed E-state index contributed by atoms with van der Waals surface area (Å²) in [4.78, 5) is 0. The van der Waals surface area contributed by atoms with Crippen LogP contribution in [-0.4, -0.2) is 14.9 Å². The second-order valence-electron chi connectivity index (χ2n) is 5.37. The summed E-state index contributed by atoms with van der Waals surface area (Å²) in [5.41, 5.74) is 2.07. The van der Waals surface area contributed by atoms with E-state index in [1.54, 1.807) is 4.68 Å². The molecule has 0 fully saturated rings. The molecule has 0 spiro atoms. The van der Waals surface area contributed by atoms with E-state index in [9.17, 15) is 5.11 Å². The van der Waals surface area contributed by atoms with Crippen LogP contribution in [0.15, 0.2) is 0 Å². The van der Waals surface area contributed by atoms with Gasteiger partial charge >= 0.3 is 0 Å². The third-order valence-corrected chi connectivity index (χ3v) is 2.67. The van der Waals surface area contributed by atoms with E-state index < -0.39 is 0 Å². The topological polar surface area (TPSA) is 38.0 Å². The fourth-order valence-electron chi connectivity index (χ4n) is 1.94. The van der Waals surface area contributed by atoms with Crippen molar-refractivity contribution >= 4 is 0 Å². The first-order chi connectivity index (χ1) is 7.41. The highest BCUT2D eigenvalue weighted by molar-refractivity contribution is 5.35. The predicted molar refractivity (Wildman–Crippen MR) is 66.9 cm³/mol. The Kier molecular flexibility index (Phi) is 4.00. The van der Waals surface area contributed by atoms with Gasteiger partial charge in [0.15, 0.2) is 0 Å². The fourth-order valence-corrected chi connectivity index (χ4v) is 1.94. The highest BCUT2D eigenvalue weighted by atomic mass is 16.3.